The summed E-state index contributed by atoms with van der Waals surface area (Å²) in [5, 5.41) is 10.7. The van der Waals surface area contributed by atoms with Crippen molar-refractivity contribution in [1.29, 1.82) is 0 Å². The van der Waals surface area contributed by atoms with Gasteiger partial charge in [0.1, 0.15) is 6.04 Å². The first-order valence-electron chi connectivity index (χ1n) is 6.07. The van der Waals surface area contributed by atoms with E-state index in [1.165, 1.54) is 0 Å². The van der Waals surface area contributed by atoms with Crippen LogP contribution in [0.4, 0.5) is 13.2 Å². The quantitative estimate of drug-likeness (QED) is 0.659. The highest BCUT2D eigenvalue weighted by Gasteiger charge is 2.35. The van der Waals surface area contributed by atoms with Crippen molar-refractivity contribution in [1.82, 2.24) is 5.32 Å². The first-order valence-corrected chi connectivity index (χ1v) is 7.68. The zero-order chi connectivity index (χ0) is 17.8. The average molecular weight is 355 g/mol. The Hall–Kier alpha value is -2.14. The van der Waals surface area contributed by atoms with Crippen molar-refractivity contribution in [2.24, 2.45) is 0 Å². The zero-order valence-electron chi connectivity index (χ0n) is 11.4. The highest BCUT2D eigenvalue weighted by Crippen LogP contribution is 2.31. The maximum atomic E-state index is 12.8. The van der Waals surface area contributed by atoms with Crippen LogP contribution in [0, 0.1) is 0 Å². The van der Waals surface area contributed by atoms with E-state index in [9.17, 15) is 31.2 Å². The minimum atomic E-state index is -4.82. The number of halogens is 3. The lowest BCUT2D eigenvalue weighted by molar-refractivity contribution is -0.139. The van der Waals surface area contributed by atoms with Crippen LogP contribution in [0.15, 0.2) is 24.3 Å². The Balaban J connectivity index is 2.99. The van der Waals surface area contributed by atoms with E-state index in [-0.39, 0.29) is 0 Å². The molecular formula is C12H12F3NO6S. The first-order chi connectivity index (χ1) is 10.4. The lowest BCUT2D eigenvalue weighted by Gasteiger charge is -2.16. The van der Waals surface area contributed by atoms with Gasteiger partial charge in [-0.15, -0.1) is 0 Å². The molecule has 0 aliphatic carbocycles. The number of hydrogen-bond acceptors (Lipinski definition) is 4. The molecule has 0 aliphatic rings. The number of aliphatic carboxylic acids is 1. The number of benzene rings is 1. The van der Waals surface area contributed by atoms with Crippen LogP contribution in [-0.2, 0) is 21.1 Å². The molecule has 0 aromatic heterocycles. The number of hydrogen-bond donors (Lipinski definition) is 3. The molecule has 0 spiro atoms. The van der Waals surface area contributed by atoms with E-state index in [1.807, 2.05) is 0 Å². The minimum absolute atomic E-state index is 0.656. The first kappa shape index (κ1) is 18.9. The van der Waals surface area contributed by atoms with E-state index in [0.29, 0.717) is 6.07 Å². The van der Waals surface area contributed by atoms with E-state index < -0.39 is 57.5 Å². The zero-order valence-corrected chi connectivity index (χ0v) is 12.2. The van der Waals surface area contributed by atoms with Gasteiger partial charge in [-0.2, -0.15) is 21.6 Å². The van der Waals surface area contributed by atoms with E-state index in [0.717, 1.165) is 18.2 Å². The SMILES string of the molecule is O=C(N[C@@H](CCS(=O)(=O)O)C(=O)O)c1ccccc1C(F)(F)F. The molecule has 128 valence electrons. The summed E-state index contributed by atoms with van der Waals surface area (Å²) in [5.74, 6) is -3.93. The third-order valence-corrected chi connectivity index (χ3v) is 3.50. The Bertz CT molecular complexity index is 701. The average Bonchev–Trinajstić information content (AvgIpc) is 2.40. The number of carbonyl (C=O) groups excluding carboxylic acids is 1. The van der Waals surface area contributed by atoms with Crippen LogP contribution in [0.2, 0.25) is 0 Å². The molecule has 1 aromatic carbocycles. The Morgan fingerprint density at radius 1 is 1.22 bits per heavy atom. The van der Waals surface area contributed by atoms with Gasteiger partial charge in [-0.05, 0) is 18.6 Å². The molecule has 1 rings (SSSR count). The second-order valence-electron chi connectivity index (χ2n) is 4.48. The van der Waals surface area contributed by atoms with E-state index >= 15 is 0 Å². The van der Waals surface area contributed by atoms with Gasteiger partial charge in [-0.3, -0.25) is 9.35 Å². The van der Waals surface area contributed by atoms with Crippen molar-refractivity contribution >= 4 is 22.0 Å². The molecule has 1 atom stereocenters. The van der Waals surface area contributed by atoms with E-state index in [1.54, 1.807) is 5.32 Å². The lowest BCUT2D eigenvalue weighted by Crippen LogP contribution is -2.42. The minimum Gasteiger partial charge on any atom is -0.480 e. The summed E-state index contributed by atoms with van der Waals surface area (Å²) in [5.41, 5.74) is -2.05. The summed E-state index contributed by atoms with van der Waals surface area (Å²) in [7, 11) is -4.48. The second kappa shape index (κ2) is 6.96. The fraction of sp³-hybridized carbons (Fsp3) is 0.333. The summed E-state index contributed by atoms with van der Waals surface area (Å²) >= 11 is 0. The van der Waals surface area contributed by atoms with Gasteiger partial charge < -0.3 is 10.4 Å². The molecule has 0 unspecified atom stereocenters. The van der Waals surface area contributed by atoms with Crippen molar-refractivity contribution in [3.63, 3.8) is 0 Å². The molecule has 0 saturated carbocycles. The number of alkyl halides is 3. The molecule has 23 heavy (non-hydrogen) atoms. The molecule has 0 fully saturated rings. The maximum Gasteiger partial charge on any atom is 0.417 e. The van der Waals surface area contributed by atoms with Crippen LogP contribution < -0.4 is 5.32 Å². The molecule has 0 aliphatic heterocycles. The largest absolute Gasteiger partial charge is 0.480 e. The lowest BCUT2D eigenvalue weighted by atomic mass is 10.1. The fourth-order valence-corrected chi connectivity index (χ4v) is 2.22. The van der Waals surface area contributed by atoms with Crippen molar-refractivity contribution in [3.05, 3.63) is 35.4 Å². The molecule has 1 aromatic rings. The number of rotatable bonds is 6. The molecule has 1 amide bonds. The summed E-state index contributed by atoms with van der Waals surface area (Å²) in [6, 6.07) is 1.97. The van der Waals surface area contributed by atoms with Crippen molar-refractivity contribution < 1.29 is 40.8 Å². The van der Waals surface area contributed by atoms with Gasteiger partial charge >= 0.3 is 12.1 Å². The van der Waals surface area contributed by atoms with Crippen molar-refractivity contribution in [3.8, 4) is 0 Å². The van der Waals surface area contributed by atoms with Gasteiger partial charge in [0.2, 0.25) is 0 Å². The number of carboxylic acid groups (broad SMARTS) is 1. The number of amides is 1. The van der Waals surface area contributed by atoms with Crippen LogP contribution >= 0.6 is 0 Å². The molecule has 3 N–H and O–H groups in total. The fourth-order valence-electron chi connectivity index (χ4n) is 1.69. The molecule has 11 heteroatoms. The maximum absolute atomic E-state index is 12.8. The van der Waals surface area contributed by atoms with Crippen LogP contribution in [-0.4, -0.2) is 41.7 Å². The van der Waals surface area contributed by atoms with Gasteiger partial charge in [0, 0.05) is 0 Å². The summed E-state index contributed by atoms with van der Waals surface area (Å²) in [6.45, 7) is 0. The number of carboxylic acids is 1. The van der Waals surface area contributed by atoms with Crippen LogP contribution in [0.5, 0.6) is 0 Å². The van der Waals surface area contributed by atoms with Crippen molar-refractivity contribution in [2.75, 3.05) is 5.75 Å². The molecule has 0 heterocycles. The number of nitrogens with one attached hydrogen (secondary N) is 1. The van der Waals surface area contributed by atoms with Crippen LogP contribution in [0.1, 0.15) is 22.3 Å². The topological polar surface area (TPSA) is 121 Å². The standard InChI is InChI=1S/C12H12F3NO6S/c13-12(14,15)8-4-2-1-3-7(8)10(17)16-9(11(18)19)5-6-23(20,21)22/h1-4,9H,5-6H2,(H,16,17)(H,18,19)(H,20,21,22)/t9-/m0/s1. The normalized spacial score (nSPS) is 13.4. The molecule has 0 radical (unpaired) electrons. The Morgan fingerprint density at radius 2 is 1.78 bits per heavy atom. The molecule has 7 nitrogen and oxygen atoms in total. The van der Waals surface area contributed by atoms with Crippen LogP contribution in [0.25, 0.3) is 0 Å². The van der Waals surface area contributed by atoms with E-state index in [2.05, 4.69) is 0 Å². The highest BCUT2D eigenvalue weighted by molar-refractivity contribution is 7.85. The van der Waals surface area contributed by atoms with Gasteiger partial charge in [-0.25, -0.2) is 4.79 Å². The van der Waals surface area contributed by atoms with Gasteiger partial charge in [0.05, 0.1) is 16.9 Å². The Morgan fingerprint density at radius 3 is 2.26 bits per heavy atom. The van der Waals surface area contributed by atoms with E-state index in [4.69, 9.17) is 9.66 Å². The molecule has 0 saturated heterocycles. The number of carbonyl (C=O) groups is 2. The van der Waals surface area contributed by atoms with Crippen molar-refractivity contribution in [2.45, 2.75) is 18.6 Å². The third kappa shape index (κ3) is 5.87. The summed E-state index contributed by atoms with van der Waals surface area (Å²) in [6.07, 6.45) is -5.52. The van der Waals surface area contributed by atoms with Gasteiger partial charge in [-0.1, -0.05) is 12.1 Å². The predicted molar refractivity (Wildman–Crippen MR) is 71.4 cm³/mol. The Labute approximate surface area is 128 Å². The molecular weight excluding hydrogens is 343 g/mol. The summed E-state index contributed by atoms with van der Waals surface area (Å²) in [4.78, 5) is 22.8. The monoisotopic (exact) mass is 355 g/mol. The smallest absolute Gasteiger partial charge is 0.417 e. The Kier molecular flexibility index (Phi) is 5.72. The summed E-state index contributed by atoms with van der Waals surface area (Å²) < 4.78 is 68.2. The molecule has 0 bridgehead atoms. The van der Waals surface area contributed by atoms with Gasteiger partial charge in [0.15, 0.2) is 0 Å². The van der Waals surface area contributed by atoms with Gasteiger partial charge in [0.25, 0.3) is 16.0 Å². The predicted octanol–water partition coefficient (Wildman–Crippen LogP) is 1.17. The van der Waals surface area contributed by atoms with Crippen LogP contribution in [0.3, 0.4) is 0 Å². The highest BCUT2D eigenvalue weighted by atomic mass is 32.2. The third-order valence-electron chi connectivity index (χ3n) is 2.74. The second-order valence-corrected chi connectivity index (χ2v) is 6.05.